The summed E-state index contributed by atoms with van der Waals surface area (Å²) in [6.07, 6.45) is 0.926. The summed E-state index contributed by atoms with van der Waals surface area (Å²) in [6.45, 7) is 1.47. The van der Waals surface area contributed by atoms with E-state index in [0.717, 1.165) is 35.0 Å². The average Bonchev–Trinajstić information content (AvgIpc) is 2.84. The van der Waals surface area contributed by atoms with Gasteiger partial charge in [-0.3, -0.25) is 10.1 Å². The first kappa shape index (κ1) is 16.7. The molecule has 0 aliphatic rings. The highest BCUT2D eigenvalue weighted by atomic mass is 32.2. The van der Waals surface area contributed by atoms with Gasteiger partial charge in [-0.2, -0.15) is 11.8 Å². The van der Waals surface area contributed by atoms with E-state index in [4.69, 9.17) is 0 Å². The number of nitrogens with one attached hydrogen (secondary N) is 3. The van der Waals surface area contributed by atoms with Crippen LogP contribution in [0.2, 0.25) is 0 Å². The van der Waals surface area contributed by atoms with Crippen molar-refractivity contribution in [3.63, 3.8) is 0 Å². The summed E-state index contributed by atoms with van der Waals surface area (Å²) >= 11 is 3.40. The Morgan fingerprint density at radius 1 is 1.60 bits per heavy atom. The van der Waals surface area contributed by atoms with Crippen LogP contribution in [0.4, 0.5) is 0 Å². The highest BCUT2D eigenvalue weighted by Crippen LogP contribution is 2.15. The Labute approximate surface area is 126 Å². The molecule has 1 heterocycles. The molecule has 0 aromatic carbocycles. The normalized spacial score (nSPS) is 11.4. The fourth-order valence-corrected chi connectivity index (χ4v) is 3.05. The molecule has 112 valence electrons. The number of nitro groups is 1. The lowest BCUT2D eigenvalue weighted by Crippen LogP contribution is -2.26. The maximum absolute atomic E-state index is 10.3. The molecule has 20 heavy (non-hydrogen) atoms. The molecule has 0 aliphatic heterocycles. The SMILES string of the molecule is CNCc1nc(CSCCN/C(=C\[N+](=O)[O-])NC)cs1. The third-order valence-corrected chi connectivity index (χ3v) is 4.13. The Morgan fingerprint density at radius 3 is 3.05 bits per heavy atom. The lowest BCUT2D eigenvalue weighted by molar-refractivity contribution is -0.404. The van der Waals surface area contributed by atoms with E-state index in [1.54, 1.807) is 30.1 Å². The van der Waals surface area contributed by atoms with Crippen molar-refractivity contribution >= 4 is 23.1 Å². The first-order valence-corrected chi connectivity index (χ1v) is 8.11. The van der Waals surface area contributed by atoms with E-state index in [0.29, 0.717) is 12.4 Å². The third-order valence-electron chi connectivity index (χ3n) is 2.24. The molecule has 1 rings (SSSR count). The van der Waals surface area contributed by atoms with Gasteiger partial charge in [0.05, 0.1) is 10.6 Å². The molecule has 7 nitrogen and oxygen atoms in total. The van der Waals surface area contributed by atoms with Crippen LogP contribution in [0.5, 0.6) is 0 Å². The largest absolute Gasteiger partial charge is 0.370 e. The van der Waals surface area contributed by atoms with Crippen LogP contribution in [0, 0.1) is 10.1 Å². The summed E-state index contributed by atoms with van der Waals surface area (Å²) in [4.78, 5) is 14.3. The van der Waals surface area contributed by atoms with Crippen LogP contribution in [-0.4, -0.2) is 36.3 Å². The summed E-state index contributed by atoms with van der Waals surface area (Å²) in [5.41, 5.74) is 1.08. The molecule has 0 spiro atoms. The van der Waals surface area contributed by atoms with Crippen molar-refractivity contribution in [2.75, 3.05) is 26.4 Å². The van der Waals surface area contributed by atoms with Crippen molar-refractivity contribution < 1.29 is 4.92 Å². The lowest BCUT2D eigenvalue weighted by atomic mass is 10.6. The van der Waals surface area contributed by atoms with Gasteiger partial charge in [-0.1, -0.05) is 0 Å². The molecule has 9 heteroatoms. The van der Waals surface area contributed by atoms with E-state index in [2.05, 4.69) is 26.3 Å². The standard InChI is InChI=1S/C11H19N5O2S2/c1-12-5-11-15-9(8-20-11)7-19-4-3-14-10(13-2)6-16(17)18/h6,8,12-14H,3-5,7H2,1-2H3/b10-6-. The molecule has 0 aliphatic carbocycles. The van der Waals surface area contributed by atoms with Gasteiger partial charge in [-0.05, 0) is 7.05 Å². The van der Waals surface area contributed by atoms with Gasteiger partial charge in [0.2, 0.25) is 0 Å². The van der Waals surface area contributed by atoms with E-state index < -0.39 is 4.92 Å². The molecule has 0 saturated carbocycles. The summed E-state index contributed by atoms with van der Waals surface area (Å²) in [7, 11) is 3.55. The Balaban J connectivity index is 2.19. The van der Waals surface area contributed by atoms with Crippen LogP contribution < -0.4 is 16.0 Å². The van der Waals surface area contributed by atoms with Crippen molar-refractivity contribution in [2.45, 2.75) is 12.3 Å². The maximum atomic E-state index is 10.3. The third kappa shape index (κ3) is 6.73. The van der Waals surface area contributed by atoms with Gasteiger partial charge in [0.1, 0.15) is 5.01 Å². The van der Waals surface area contributed by atoms with Crippen LogP contribution >= 0.6 is 23.1 Å². The van der Waals surface area contributed by atoms with Crippen molar-refractivity contribution in [3.05, 3.63) is 38.2 Å². The second kappa shape index (κ2) is 9.56. The molecule has 3 N–H and O–H groups in total. The Morgan fingerprint density at radius 2 is 2.40 bits per heavy atom. The van der Waals surface area contributed by atoms with Crippen molar-refractivity contribution in [2.24, 2.45) is 0 Å². The Kier molecular flexibility index (Phi) is 8.00. The zero-order valence-electron chi connectivity index (χ0n) is 11.5. The molecule has 0 bridgehead atoms. The number of hydrogen-bond acceptors (Lipinski definition) is 8. The highest BCUT2D eigenvalue weighted by Gasteiger charge is 2.02. The number of rotatable bonds is 10. The summed E-state index contributed by atoms with van der Waals surface area (Å²) in [6, 6.07) is 0. The molecular weight excluding hydrogens is 298 g/mol. The number of hydrogen-bond donors (Lipinski definition) is 3. The van der Waals surface area contributed by atoms with E-state index in [1.165, 1.54) is 0 Å². The summed E-state index contributed by atoms with van der Waals surface area (Å²) < 4.78 is 0. The van der Waals surface area contributed by atoms with Gasteiger partial charge in [0, 0.05) is 37.0 Å². The Hall–Kier alpha value is -1.32. The van der Waals surface area contributed by atoms with Gasteiger partial charge >= 0.3 is 0 Å². The first-order chi connectivity index (χ1) is 9.65. The highest BCUT2D eigenvalue weighted by molar-refractivity contribution is 7.98. The number of aromatic nitrogens is 1. The predicted molar refractivity (Wildman–Crippen MR) is 83.2 cm³/mol. The molecule has 0 saturated heterocycles. The molecule has 0 fully saturated rings. The maximum Gasteiger partial charge on any atom is 0.274 e. The van der Waals surface area contributed by atoms with Crippen molar-refractivity contribution in [1.29, 1.82) is 0 Å². The molecule has 0 unspecified atom stereocenters. The zero-order chi connectivity index (χ0) is 14.8. The molecule has 0 amide bonds. The minimum atomic E-state index is -0.482. The monoisotopic (exact) mass is 317 g/mol. The van der Waals surface area contributed by atoms with E-state index >= 15 is 0 Å². The van der Waals surface area contributed by atoms with Gasteiger partial charge < -0.3 is 16.0 Å². The fourth-order valence-electron chi connectivity index (χ4n) is 1.39. The molecule has 1 aromatic rings. The molecular formula is C11H19N5O2S2. The number of thiazole rings is 1. The molecule has 1 aromatic heterocycles. The second-order valence-electron chi connectivity index (χ2n) is 3.82. The van der Waals surface area contributed by atoms with Crippen molar-refractivity contribution in [1.82, 2.24) is 20.9 Å². The van der Waals surface area contributed by atoms with E-state index in [1.807, 2.05) is 7.05 Å². The lowest BCUT2D eigenvalue weighted by Gasteiger charge is -2.07. The minimum Gasteiger partial charge on any atom is -0.370 e. The second-order valence-corrected chi connectivity index (χ2v) is 5.87. The van der Waals surface area contributed by atoms with Gasteiger partial charge in [0.25, 0.3) is 6.20 Å². The number of thioether (sulfide) groups is 1. The molecule has 0 atom stereocenters. The Bertz CT molecular complexity index is 450. The zero-order valence-corrected chi connectivity index (χ0v) is 13.1. The van der Waals surface area contributed by atoms with Crippen molar-refractivity contribution in [3.8, 4) is 0 Å². The van der Waals surface area contributed by atoms with Gasteiger partial charge in [-0.25, -0.2) is 4.98 Å². The number of nitrogens with zero attached hydrogens (tertiary/aromatic N) is 2. The van der Waals surface area contributed by atoms with Gasteiger partial charge in [-0.15, -0.1) is 11.3 Å². The topological polar surface area (TPSA) is 92.1 Å². The van der Waals surface area contributed by atoms with E-state index in [-0.39, 0.29) is 0 Å². The molecule has 0 radical (unpaired) electrons. The van der Waals surface area contributed by atoms with Crippen LogP contribution in [0.3, 0.4) is 0 Å². The predicted octanol–water partition coefficient (Wildman–Crippen LogP) is 0.980. The smallest absolute Gasteiger partial charge is 0.274 e. The minimum absolute atomic E-state index is 0.417. The van der Waals surface area contributed by atoms with E-state index in [9.17, 15) is 10.1 Å². The van der Waals surface area contributed by atoms with Crippen LogP contribution in [0.25, 0.3) is 0 Å². The van der Waals surface area contributed by atoms with Crippen LogP contribution in [-0.2, 0) is 12.3 Å². The van der Waals surface area contributed by atoms with Crippen LogP contribution in [0.1, 0.15) is 10.7 Å². The summed E-state index contributed by atoms with van der Waals surface area (Å²) in [5, 5.41) is 22.3. The van der Waals surface area contributed by atoms with Crippen LogP contribution in [0.15, 0.2) is 17.4 Å². The summed E-state index contributed by atoms with van der Waals surface area (Å²) in [5.74, 6) is 2.13. The fraction of sp³-hybridized carbons (Fsp3) is 0.545. The van der Waals surface area contributed by atoms with Gasteiger partial charge in [0.15, 0.2) is 5.82 Å². The quantitative estimate of drug-likeness (QED) is 0.336. The first-order valence-electron chi connectivity index (χ1n) is 6.08. The average molecular weight is 317 g/mol.